The van der Waals surface area contributed by atoms with Gasteiger partial charge >= 0.3 is 0 Å². The number of carbonyl (C=O) groups is 2. The Labute approximate surface area is 127 Å². The Bertz CT molecular complexity index is 574. The molecule has 5 nitrogen and oxygen atoms in total. The maximum Gasteiger partial charge on any atom is 0.242 e. The first-order valence-electron chi connectivity index (χ1n) is 7.07. The summed E-state index contributed by atoms with van der Waals surface area (Å²) in [6, 6.07) is 10.0. The highest BCUT2D eigenvalue weighted by atomic mass is 32.2. The van der Waals surface area contributed by atoms with Gasteiger partial charge < -0.3 is 5.32 Å². The van der Waals surface area contributed by atoms with Gasteiger partial charge in [-0.25, -0.2) is 0 Å². The first-order valence-corrected chi connectivity index (χ1v) is 7.95. The number of fused-ring (bicyclic) bond motifs is 1. The molecule has 0 aliphatic carbocycles. The van der Waals surface area contributed by atoms with Crippen LogP contribution in [0.25, 0.3) is 0 Å². The standard InChI is InChI=1S/C15H17N3O2S/c19-13(16-7-6-11-4-2-1-3-5-11)10-12-14(20)18-9-8-17-15(18)21-12/h1-5,12H,6-10H2,(H,16,19)/t12-/m1/s1. The number of amidine groups is 1. The summed E-state index contributed by atoms with van der Waals surface area (Å²) in [4.78, 5) is 29.9. The smallest absolute Gasteiger partial charge is 0.242 e. The Morgan fingerprint density at radius 1 is 1.38 bits per heavy atom. The van der Waals surface area contributed by atoms with E-state index in [1.54, 1.807) is 4.90 Å². The van der Waals surface area contributed by atoms with Crippen molar-refractivity contribution in [1.29, 1.82) is 0 Å². The van der Waals surface area contributed by atoms with Crippen molar-refractivity contribution in [2.75, 3.05) is 19.6 Å². The molecular formula is C15H17N3O2S. The van der Waals surface area contributed by atoms with Gasteiger partial charge in [-0.3, -0.25) is 19.5 Å². The topological polar surface area (TPSA) is 61.8 Å². The molecule has 0 bridgehead atoms. The van der Waals surface area contributed by atoms with Gasteiger partial charge in [-0.1, -0.05) is 42.1 Å². The van der Waals surface area contributed by atoms with E-state index in [2.05, 4.69) is 10.3 Å². The molecule has 110 valence electrons. The molecule has 0 unspecified atom stereocenters. The summed E-state index contributed by atoms with van der Waals surface area (Å²) in [6.07, 6.45) is 1.03. The van der Waals surface area contributed by atoms with Gasteiger partial charge in [0.1, 0.15) is 5.25 Å². The fourth-order valence-electron chi connectivity index (χ4n) is 2.44. The summed E-state index contributed by atoms with van der Waals surface area (Å²) in [5.41, 5.74) is 1.19. The number of nitrogens with one attached hydrogen (secondary N) is 1. The van der Waals surface area contributed by atoms with Crippen LogP contribution in [0, 0.1) is 0 Å². The molecule has 1 aromatic rings. The van der Waals surface area contributed by atoms with Gasteiger partial charge in [0.2, 0.25) is 11.8 Å². The van der Waals surface area contributed by atoms with Crippen LogP contribution in [-0.2, 0) is 16.0 Å². The van der Waals surface area contributed by atoms with Crippen molar-refractivity contribution in [3.05, 3.63) is 35.9 Å². The van der Waals surface area contributed by atoms with Crippen molar-refractivity contribution in [3.8, 4) is 0 Å². The van der Waals surface area contributed by atoms with E-state index in [-0.39, 0.29) is 23.5 Å². The first-order chi connectivity index (χ1) is 10.2. The SMILES string of the molecule is O=C(C[C@H]1SC2=NCCN2C1=O)NCCc1ccccc1. The molecule has 0 spiro atoms. The van der Waals surface area contributed by atoms with Crippen molar-refractivity contribution >= 4 is 28.7 Å². The molecule has 21 heavy (non-hydrogen) atoms. The van der Waals surface area contributed by atoms with Crippen LogP contribution in [0.1, 0.15) is 12.0 Å². The lowest BCUT2D eigenvalue weighted by Gasteiger charge is -2.10. The van der Waals surface area contributed by atoms with E-state index in [4.69, 9.17) is 0 Å². The Balaban J connectivity index is 1.44. The lowest BCUT2D eigenvalue weighted by atomic mass is 10.1. The number of amides is 2. The summed E-state index contributed by atoms with van der Waals surface area (Å²) in [5.74, 6) is -0.0481. The van der Waals surface area contributed by atoms with Crippen LogP contribution in [0.2, 0.25) is 0 Å². The highest BCUT2D eigenvalue weighted by Crippen LogP contribution is 2.31. The Morgan fingerprint density at radius 3 is 2.95 bits per heavy atom. The highest BCUT2D eigenvalue weighted by molar-refractivity contribution is 8.15. The van der Waals surface area contributed by atoms with Crippen LogP contribution in [0.4, 0.5) is 0 Å². The number of rotatable bonds is 5. The molecule has 1 fully saturated rings. The Hall–Kier alpha value is -1.82. The summed E-state index contributed by atoms with van der Waals surface area (Å²) in [5, 5.41) is 3.36. The van der Waals surface area contributed by atoms with Crippen LogP contribution in [0.15, 0.2) is 35.3 Å². The Kier molecular flexibility index (Phi) is 4.24. The number of benzene rings is 1. The number of nitrogens with zero attached hydrogens (tertiary/aromatic N) is 2. The van der Waals surface area contributed by atoms with Crippen molar-refractivity contribution in [2.24, 2.45) is 4.99 Å². The number of aliphatic imine (C=N–C) groups is 1. The summed E-state index contributed by atoms with van der Waals surface area (Å²) in [7, 11) is 0. The predicted octanol–water partition coefficient (Wildman–Crippen LogP) is 1.05. The van der Waals surface area contributed by atoms with Gasteiger partial charge in [-0.15, -0.1) is 0 Å². The van der Waals surface area contributed by atoms with Gasteiger partial charge in [0.05, 0.1) is 6.54 Å². The molecule has 6 heteroatoms. The zero-order valence-corrected chi connectivity index (χ0v) is 12.4. The molecule has 0 saturated carbocycles. The molecule has 1 aromatic carbocycles. The second kappa shape index (κ2) is 6.30. The van der Waals surface area contributed by atoms with Crippen LogP contribution in [0.5, 0.6) is 0 Å². The molecule has 1 saturated heterocycles. The fourth-order valence-corrected chi connectivity index (χ4v) is 3.64. The highest BCUT2D eigenvalue weighted by Gasteiger charge is 2.40. The van der Waals surface area contributed by atoms with Crippen molar-refractivity contribution < 1.29 is 9.59 Å². The predicted molar refractivity (Wildman–Crippen MR) is 83.2 cm³/mol. The quantitative estimate of drug-likeness (QED) is 0.884. The molecule has 2 aliphatic heterocycles. The van der Waals surface area contributed by atoms with E-state index in [1.807, 2.05) is 30.3 Å². The minimum atomic E-state index is -0.305. The maximum atomic E-state index is 12.1. The average molecular weight is 303 g/mol. The second-order valence-electron chi connectivity index (χ2n) is 5.05. The molecule has 0 radical (unpaired) electrons. The van der Waals surface area contributed by atoms with E-state index in [0.29, 0.717) is 19.6 Å². The molecule has 1 N–H and O–H groups in total. The van der Waals surface area contributed by atoms with E-state index < -0.39 is 0 Å². The maximum absolute atomic E-state index is 12.1. The van der Waals surface area contributed by atoms with Gasteiger partial charge in [0, 0.05) is 19.5 Å². The normalized spacial score (nSPS) is 20.4. The van der Waals surface area contributed by atoms with Crippen molar-refractivity contribution in [2.45, 2.75) is 18.1 Å². The first kappa shape index (κ1) is 14.1. The number of hydrogen-bond acceptors (Lipinski definition) is 4. The molecule has 3 rings (SSSR count). The zero-order valence-electron chi connectivity index (χ0n) is 11.6. The third-order valence-electron chi connectivity index (χ3n) is 3.54. The third kappa shape index (κ3) is 3.26. The minimum Gasteiger partial charge on any atom is -0.356 e. The van der Waals surface area contributed by atoms with Crippen molar-refractivity contribution in [3.63, 3.8) is 0 Å². The van der Waals surface area contributed by atoms with Crippen LogP contribution in [-0.4, -0.2) is 46.8 Å². The zero-order chi connectivity index (χ0) is 14.7. The van der Waals surface area contributed by atoms with Crippen LogP contribution >= 0.6 is 11.8 Å². The summed E-state index contributed by atoms with van der Waals surface area (Å²) in [6.45, 7) is 1.94. The second-order valence-corrected chi connectivity index (χ2v) is 6.22. The van der Waals surface area contributed by atoms with E-state index in [0.717, 1.165) is 11.6 Å². The van der Waals surface area contributed by atoms with Gasteiger partial charge in [-0.2, -0.15) is 0 Å². The summed E-state index contributed by atoms with van der Waals surface area (Å²) < 4.78 is 0. The Morgan fingerprint density at radius 2 is 2.19 bits per heavy atom. The molecule has 1 atom stereocenters. The third-order valence-corrected chi connectivity index (χ3v) is 4.75. The van der Waals surface area contributed by atoms with E-state index in [9.17, 15) is 9.59 Å². The monoisotopic (exact) mass is 303 g/mol. The fraction of sp³-hybridized carbons (Fsp3) is 0.400. The summed E-state index contributed by atoms with van der Waals surface area (Å²) >= 11 is 1.41. The average Bonchev–Trinajstić information content (AvgIpc) is 3.05. The van der Waals surface area contributed by atoms with Gasteiger partial charge in [0.15, 0.2) is 5.17 Å². The molecule has 2 aliphatic rings. The van der Waals surface area contributed by atoms with Crippen LogP contribution < -0.4 is 5.32 Å². The molecule has 2 heterocycles. The van der Waals surface area contributed by atoms with Gasteiger partial charge in [-0.05, 0) is 12.0 Å². The number of thioether (sulfide) groups is 1. The lowest BCUT2D eigenvalue weighted by Crippen LogP contribution is -2.34. The van der Waals surface area contributed by atoms with Crippen molar-refractivity contribution in [1.82, 2.24) is 10.2 Å². The van der Waals surface area contributed by atoms with Crippen LogP contribution in [0.3, 0.4) is 0 Å². The largest absolute Gasteiger partial charge is 0.356 e. The number of carbonyl (C=O) groups excluding carboxylic acids is 2. The number of hydrogen-bond donors (Lipinski definition) is 1. The van der Waals surface area contributed by atoms with E-state index in [1.165, 1.54) is 17.3 Å². The van der Waals surface area contributed by atoms with Gasteiger partial charge in [0.25, 0.3) is 0 Å². The van der Waals surface area contributed by atoms with E-state index >= 15 is 0 Å². The molecule has 0 aromatic heterocycles. The lowest BCUT2D eigenvalue weighted by molar-refractivity contribution is -0.129. The minimum absolute atomic E-state index is 0.0226. The molecular weight excluding hydrogens is 286 g/mol. The molecule has 2 amide bonds.